The van der Waals surface area contributed by atoms with Crippen LogP contribution in [0.2, 0.25) is 0 Å². The minimum Gasteiger partial charge on any atom is -0.436 e. The zero-order valence-corrected chi connectivity index (χ0v) is 9.10. The van der Waals surface area contributed by atoms with Crippen molar-refractivity contribution in [3.05, 3.63) is 35.4 Å². The predicted molar refractivity (Wildman–Crippen MR) is 66.8 cm³/mol. The second kappa shape index (κ2) is 3.28. The van der Waals surface area contributed by atoms with Crippen molar-refractivity contribution >= 4 is 17.2 Å². The van der Waals surface area contributed by atoms with Crippen LogP contribution in [-0.2, 0) is 6.42 Å². The summed E-state index contributed by atoms with van der Waals surface area (Å²) in [5.74, 6) is 1.45. The Morgan fingerprint density at radius 1 is 1.12 bits per heavy atom. The Bertz CT molecular complexity index is 610. The largest absolute Gasteiger partial charge is 0.436 e. The molecule has 5 heteroatoms. The Hall–Kier alpha value is -2.43. The molecule has 1 aromatic carbocycles. The molecule has 1 aromatic heterocycles. The lowest BCUT2D eigenvalue weighted by molar-refractivity contribution is 0.444. The van der Waals surface area contributed by atoms with Crippen molar-refractivity contribution in [3.63, 3.8) is 0 Å². The van der Waals surface area contributed by atoms with Gasteiger partial charge in [0.05, 0.1) is 5.69 Å². The maximum Gasteiger partial charge on any atom is 0.226 e. The summed E-state index contributed by atoms with van der Waals surface area (Å²) in [5.41, 5.74) is 20.5. The fraction of sp³-hybridized carbons (Fsp3) is 0.0833. The number of pyridine rings is 1. The number of nitrogens with two attached hydrogens (primary N) is 3. The number of ether oxygens (including phenoxy) is 1. The molecule has 3 rings (SSSR count). The Kier molecular flexibility index (Phi) is 1.89. The molecule has 0 spiro atoms. The van der Waals surface area contributed by atoms with Gasteiger partial charge in [0, 0.05) is 29.3 Å². The molecule has 0 fully saturated rings. The fourth-order valence-electron chi connectivity index (χ4n) is 2.00. The van der Waals surface area contributed by atoms with E-state index in [4.69, 9.17) is 21.9 Å². The second-order valence-electron chi connectivity index (χ2n) is 4.03. The van der Waals surface area contributed by atoms with Gasteiger partial charge in [0.25, 0.3) is 0 Å². The van der Waals surface area contributed by atoms with Gasteiger partial charge in [-0.25, -0.2) is 0 Å². The van der Waals surface area contributed by atoms with E-state index in [1.165, 1.54) is 0 Å². The average molecular weight is 228 g/mol. The van der Waals surface area contributed by atoms with Crippen molar-refractivity contribution in [2.24, 2.45) is 0 Å². The summed E-state index contributed by atoms with van der Waals surface area (Å²) >= 11 is 0. The van der Waals surface area contributed by atoms with Gasteiger partial charge in [0.2, 0.25) is 5.88 Å². The first-order valence-electron chi connectivity index (χ1n) is 5.25. The molecule has 0 saturated carbocycles. The Balaban J connectivity index is 2.17. The lowest BCUT2D eigenvalue weighted by Crippen LogP contribution is -2.10. The van der Waals surface area contributed by atoms with Gasteiger partial charge in [-0.05, 0) is 6.07 Å². The van der Waals surface area contributed by atoms with E-state index in [-0.39, 0.29) is 0 Å². The van der Waals surface area contributed by atoms with E-state index in [1.807, 2.05) is 12.1 Å². The summed E-state index contributed by atoms with van der Waals surface area (Å²) in [6, 6.07) is 7.28. The number of hydrogen-bond donors (Lipinski definition) is 3. The zero-order chi connectivity index (χ0) is 12.0. The van der Waals surface area contributed by atoms with Crippen LogP contribution >= 0.6 is 0 Å². The van der Waals surface area contributed by atoms with Crippen molar-refractivity contribution in [1.29, 1.82) is 0 Å². The zero-order valence-electron chi connectivity index (χ0n) is 9.10. The molecule has 0 atom stereocenters. The highest BCUT2D eigenvalue weighted by Gasteiger charge is 2.22. The summed E-state index contributed by atoms with van der Waals surface area (Å²) < 4.78 is 5.67. The fourth-order valence-corrected chi connectivity index (χ4v) is 2.00. The minimum atomic E-state index is 0.346. The third kappa shape index (κ3) is 1.44. The molecule has 0 bridgehead atoms. The van der Waals surface area contributed by atoms with Gasteiger partial charge in [-0.2, -0.15) is 4.98 Å². The maximum atomic E-state index is 5.91. The first kappa shape index (κ1) is 9.77. The molecule has 6 N–H and O–H groups in total. The molecule has 1 aliphatic heterocycles. The lowest BCUT2D eigenvalue weighted by Gasteiger charge is -2.21. The Morgan fingerprint density at radius 2 is 1.94 bits per heavy atom. The molecular weight excluding hydrogens is 216 g/mol. The van der Waals surface area contributed by atoms with Gasteiger partial charge in [0.15, 0.2) is 5.75 Å². The number of nitrogens with zero attached hydrogens (tertiary/aromatic N) is 1. The highest BCUT2D eigenvalue weighted by Crippen LogP contribution is 2.41. The summed E-state index contributed by atoms with van der Waals surface area (Å²) in [7, 11) is 0. The minimum absolute atomic E-state index is 0.346. The highest BCUT2D eigenvalue weighted by atomic mass is 16.5. The normalized spacial score (nSPS) is 12.5. The van der Waals surface area contributed by atoms with Gasteiger partial charge >= 0.3 is 0 Å². The molecule has 86 valence electrons. The van der Waals surface area contributed by atoms with Crippen LogP contribution in [0.3, 0.4) is 0 Å². The Morgan fingerprint density at radius 3 is 2.76 bits per heavy atom. The smallest absolute Gasteiger partial charge is 0.226 e. The summed E-state index contributed by atoms with van der Waals surface area (Å²) in [6.45, 7) is 0. The molecule has 17 heavy (non-hydrogen) atoms. The third-order valence-electron chi connectivity index (χ3n) is 2.83. The quantitative estimate of drug-likeness (QED) is 0.506. The topological polar surface area (TPSA) is 100 Å². The first-order valence-corrected chi connectivity index (χ1v) is 5.25. The van der Waals surface area contributed by atoms with Crippen LogP contribution in [0.1, 0.15) is 11.1 Å². The number of para-hydroxylation sites is 1. The molecular formula is C12H12N4O. The molecule has 0 saturated heterocycles. The van der Waals surface area contributed by atoms with E-state index >= 15 is 0 Å². The Labute approximate surface area is 98.2 Å². The predicted octanol–water partition coefficient (Wildman–Crippen LogP) is 1.52. The van der Waals surface area contributed by atoms with Crippen LogP contribution in [0.15, 0.2) is 24.3 Å². The molecule has 2 aromatic rings. The van der Waals surface area contributed by atoms with Crippen LogP contribution in [0.4, 0.5) is 17.2 Å². The van der Waals surface area contributed by atoms with E-state index in [0.717, 1.165) is 11.1 Å². The molecule has 2 heterocycles. The van der Waals surface area contributed by atoms with Gasteiger partial charge in [-0.15, -0.1) is 0 Å². The van der Waals surface area contributed by atoms with Gasteiger partial charge in [0.1, 0.15) is 5.82 Å². The molecule has 0 aliphatic carbocycles. The average Bonchev–Trinajstić information content (AvgIpc) is 2.28. The molecule has 5 nitrogen and oxygen atoms in total. The standard InChI is InChI=1S/C12H12N4O/c13-8-3-1-2-6-4-7-9(14)5-10(15)16-12(7)17-11(6)8/h1-3,5H,4,13H2,(H4,14,15,16). The number of nitrogen functional groups attached to an aromatic ring is 3. The SMILES string of the molecule is Nc1cc(N)c2c(n1)Oc1c(N)cccc1C2. The second-order valence-corrected chi connectivity index (χ2v) is 4.03. The van der Waals surface area contributed by atoms with E-state index in [1.54, 1.807) is 12.1 Å². The molecule has 0 amide bonds. The highest BCUT2D eigenvalue weighted by molar-refractivity contribution is 5.67. The van der Waals surface area contributed by atoms with Crippen LogP contribution in [0.25, 0.3) is 0 Å². The van der Waals surface area contributed by atoms with Crippen molar-refractivity contribution in [3.8, 4) is 11.6 Å². The van der Waals surface area contributed by atoms with Gasteiger partial charge in [-0.3, -0.25) is 0 Å². The number of anilines is 3. The van der Waals surface area contributed by atoms with Crippen molar-refractivity contribution in [2.45, 2.75) is 6.42 Å². The van der Waals surface area contributed by atoms with Crippen LogP contribution in [0.5, 0.6) is 11.6 Å². The number of fused-ring (bicyclic) bond motifs is 2. The van der Waals surface area contributed by atoms with E-state index in [2.05, 4.69) is 4.98 Å². The number of aromatic nitrogens is 1. The molecule has 0 unspecified atom stereocenters. The number of hydrogen-bond acceptors (Lipinski definition) is 5. The summed E-state index contributed by atoms with van der Waals surface area (Å²) in [5, 5.41) is 0. The van der Waals surface area contributed by atoms with Crippen molar-refractivity contribution in [1.82, 2.24) is 4.98 Å². The number of rotatable bonds is 0. The van der Waals surface area contributed by atoms with Crippen LogP contribution < -0.4 is 21.9 Å². The van der Waals surface area contributed by atoms with Crippen molar-refractivity contribution in [2.75, 3.05) is 17.2 Å². The van der Waals surface area contributed by atoms with Crippen molar-refractivity contribution < 1.29 is 4.74 Å². The van der Waals surface area contributed by atoms with E-state index < -0.39 is 0 Å². The van der Waals surface area contributed by atoms with Gasteiger partial charge in [-0.1, -0.05) is 12.1 Å². The summed E-state index contributed by atoms with van der Waals surface area (Å²) in [6.07, 6.45) is 0.662. The van der Waals surface area contributed by atoms with E-state index in [9.17, 15) is 0 Å². The maximum absolute atomic E-state index is 5.91. The van der Waals surface area contributed by atoms with E-state index in [0.29, 0.717) is 35.2 Å². The third-order valence-corrected chi connectivity index (χ3v) is 2.83. The molecule has 0 radical (unpaired) electrons. The monoisotopic (exact) mass is 228 g/mol. The first-order chi connectivity index (χ1) is 8.15. The molecule has 1 aliphatic rings. The lowest BCUT2D eigenvalue weighted by atomic mass is 10.0. The van der Waals surface area contributed by atoms with Crippen LogP contribution in [-0.4, -0.2) is 4.98 Å². The summed E-state index contributed by atoms with van der Waals surface area (Å²) in [4.78, 5) is 4.13. The van der Waals surface area contributed by atoms with Crippen LogP contribution in [0, 0.1) is 0 Å². The van der Waals surface area contributed by atoms with Gasteiger partial charge < -0.3 is 21.9 Å². The number of benzene rings is 1.